The first-order chi connectivity index (χ1) is 15.2. The maximum Gasteiger partial charge on any atom is 0.122 e. The van der Waals surface area contributed by atoms with Crippen LogP contribution < -0.4 is 0 Å². The van der Waals surface area contributed by atoms with Crippen LogP contribution in [0.2, 0.25) is 0 Å². The van der Waals surface area contributed by atoms with Crippen molar-refractivity contribution in [2.75, 3.05) is 0 Å². The Balaban J connectivity index is 0.000000269. The number of rotatable bonds is 3. The van der Waals surface area contributed by atoms with Gasteiger partial charge in [-0.2, -0.15) is 0 Å². The molecular weight excluding hydrogens is 408 g/mol. The van der Waals surface area contributed by atoms with Crippen molar-refractivity contribution in [2.45, 2.75) is 12.3 Å². The van der Waals surface area contributed by atoms with E-state index in [0.29, 0.717) is 0 Å². The average Bonchev–Trinajstić information content (AvgIpc) is 2.74. The van der Waals surface area contributed by atoms with Crippen LogP contribution in [0, 0.1) is 0 Å². The van der Waals surface area contributed by atoms with Gasteiger partial charge in [0, 0.05) is 23.6 Å². The molecule has 32 heavy (non-hydrogen) atoms. The quantitative estimate of drug-likeness (QED) is 0.255. The Hall–Kier alpha value is -4.32. The van der Waals surface area contributed by atoms with Crippen LogP contribution in [-0.2, 0) is 5.41 Å². The molecule has 0 saturated heterocycles. The molecule has 0 fully saturated rings. The first-order valence-corrected chi connectivity index (χ1v) is 9.79. The van der Waals surface area contributed by atoms with Gasteiger partial charge in [0.15, 0.2) is 0 Å². The van der Waals surface area contributed by atoms with Gasteiger partial charge in [-0.25, -0.2) is 0 Å². The lowest BCUT2D eigenvalue weighted by molar-refractivity contribution is 0.428. The van der Waals surface area contributed by atoms with Crippen molar-refractivity contribution in [3.8, 4) is 34.5 Å². The monoisotopic (exact) mass is 432 g/mol. The Kier molecular flexibility index (Phi) is 6.45. The van der Waals surface area contributed by atoms with Gasteiger partial charge in [0.2, 0.25) is 0 Å². The summed E-state index contributed by atoms with van der Waals surface area (Å²) in [6, 6.07) is 24.7. The lowest BCUT2D eigenvalue weighted by Crippen LogP contribution is -2.25. The predicted octanol–water partition coefficient (Wildman–Crippen LogP) is 4.96. The van der Waals surface area contributed by atoms with E-state index < -0.39 is 5.41 Å². The first-order valence-electron chi connectivity index (χ1n) is 9.79. The lowest BCUT2D eigenvalue weighted by atomic mass is 9.71. The van der Waals surface area contributed by atoms with Gasteiger partial charge < -0.3 is 30.6 Å². The number of phenols is 6. The number of phenolic OH excluding ortho intramolecular Hbond substituents is 6. The molecule has 0 atom stereocenters. The topological polar surface area (TPSA) is 121 Å². The molecule has 4 aromatic carbocycles. The van der Waals surface area contributed by atoms with E-state index in [1.807, 2.05) is 36.4 Å². The minimum absolute atomic E-state index is 0.146. The SMILES string of the molecule is CC(c1ccc(O)cc1)(c1ccc(O)cc1)c1ccc(O)cc1.Oc1cc(O)cc(O)c1. The van der Waals surface area contributed by atoms with E-state index in [1.54, 1.807) is 36.4 Å². The second kappa shape index (κ2) is 9.22. The van der Waals surface area contributed by atoms with E-state index in [-0.39, 0.29) is 34.5 Å². The van der Waals surface area contributed by atoms with Crippen molar-refractivity contribution in [1.82, 2.24) is 0 Å². The molecule has 0 heterocycles. The maximum absolute atomic E-state index is 9.57. The fraction of sp³-hybridized carbons (Fsp3) is 0.0769. The fourth-order valence-electron chi connectivity index (χ4n) is 3.46. The summed E-state index contributed by atoms with van der Waals surface area (Å²) < 4.78 is 0. The van der Waals surface area contributed by atoms with Crippen LogP contribution in [-0.4, -0.2) is 30.6 Å². The highest BCUT2D eigenvalue weighted by Gasteiger charge is 2.31. The Labute approximate surface area is 185 Å². The van der Waals surface area contributed by atoms with Crippen LogP contribution in [0.1, 0.15) is 23.6 Å². The number of aromatic hydroxyl groups is 6. The van der Waals surface area contributed by atoms with E-state index in [9.17, 15) is 15.3 Å². The predicted molar refractivity (Wildman–Crippen MR) is 121 cm³/mol. The van der Waals surface area contributed by atoms with Gasteiger partial charge in [-0.3, -0.25) is 0 Å². The molecule has 0 radical (unpaired) electrons. The van der Waals surface area contributed by atoms with Crippen LogP contribution in [0.25, 0.3) is 0 Å². The zero-order valence-electron chi connectivity index (χ0n) is 17.3. The van der Waals surface area contributed by atoms with E-state index in [4.69, 9.17) is 15.3 Å². The van der Waals surface area contributed by atoms with Gasteiger partial charge >= 0.3 is 0 Å². The molecule has 0 aliphatic carbocycles. The number of hydrogen-bond donors (Lipinski definition) is 6. The summed E-state index contributed by atoms with van der Waals surface area (Å²) in [4.78, 5) is 0. The molecule has 164 valence electrons. The molecule has 4 rings (SSSR count). The van der Waals surface area contributed by atoms with Gasteiger partial charge in [0.05, 0.1) is 0 Å². The first kappa shape index (κ1) is 22.4. The van der Waals surface area contributed by atoms with Gasteiger partial charge in [0.1, 0.15) is 34.5 Å². The molecule has 0 bridgehead atoms. The van der Waals surface area contributed by atoms with Crippen LogP contribution >= 0.6 is 0 Å². The largest absolute Gasteiger partial charge is 0.508 e. The van der Waals surface area contributed by atoms with Crippen molar-refractivity contribution in [3.05, 3.63) is 108 Å². The smallest absolute Gasteiger partial charge is 0.122 e. The second-order valence-electron chi connectivity index (χ2n) is 7.47. The molecule has 6 N–H and O–H groups in total. The molecule has 6 nitrogen and oxygen atoms in total. The van der Waals surface area contributed by atoms with E-state index >= 15 is 0 Å². The van der Waals surface area contributed by atoms with E-state index in [1.165, 1.54) is 0 Å². The van der Waals surface area contributed by atoms with Gasteiger partial charge in [-0.1, -0.05) is 36.4 Å². The summed E-state index contributed by atoms with van der Waals surface area (Å²) in [7, 11) is 0. The molecule has 0 aromatic heterocycles. The molecule has 0 amide bonds. The van der Waals surface area contributed by atoms with Crippen LogP contribution in [0.5, 0.6) is 34.5 Å². The summed E-state index contributed by atoms with van der Waals surface area (Å²) >= 11 is 0. The van der Waals surface area contributed by atoms with Crippen molar-refractivity contribution < 1.29 is 30.6 Å². The number of benzene rings is 4. The zero-order valence-corrected chi connectivity index (χ0v) is 17.3. The average molecular weight is 432 g/mol. The third-order valence-electron chi connectivity index (χ3n) is 5.22. The molecule has 0 aliphatic rings. The van der Waals surface area contributed by atoms with Crippen molar-refractivity contribution >= 4 is 0 Å². The van der Waals surface area contributed by atoms with Gasteiger partial charge in [0.25, 0.3) is 0 Å². The maximum atomic E-state index is 9.57. The Morgan fingerprint density at radius 2 is 0.594 bits per heavy atom. The van der Waals surface area contributed by atoms with Crippen LogP contribution in [0.3, 0.4) is 0 Å². The standard InChI is InChI=1S/C20H18O3.C6H6O3/c1-20(14-2-8-17(21)9-3-14,15-4-10-18(22)11-5-15)16-6-12-19(23)13-7-16;7-4-1-5(8)3-6(9)2-4/h2-13,21-23H,1H3;1-3,7-9H. The summed E-state index contributed by atoms with van der Waals surface area (Å²) in [6.45, 7) is 2.08. The summed E-state index contributed by atoms with van der Waals surface area (Å²) in [6.07, 6.45) is 0. The third-order valence-corrected chi connectivity index (χ3v) is 5.22. The van der Waals surface area contributed by atoms with E-state index in [0.717, 1.165) is 34.9 Å². The van der Waals surface area contributed by atoms with Crippen LogP contribution in [0.15, 0.2) is 91.0 Å². The third kappa shape index (κ3) is 5.05. The molecule has 4 aromatic rings. The normalized spacial score (nSPS) is 10.8. The molecule has 0 unspecified atom stereocenters. The molecule has 6 heteroatoms. The molecule has 0 saturated carbocycles. The Bertz CT molecular complexity index is 1010. The summed E-state index contributed by atoms with van der Waals surface area (Å²) in [5.74, 6) is 0.208. The summed E-state index contributed by atoms with van der Waals surface area (Å²) in [5, 5.41) is 54.7. The molecule has 0 spiro atoms. The minimum atomic E-state index is -0.477. The van der Waals surface area contributed by atoms with Gasteiger partial charge in [-0.15, -0.1) is 0 Å². The Morgan fingerprint density at radius 3 is 0.812 bits per heavy atom. The zero-order chi connectivity index (χ0) is 23.3. The van der Waals surface area contributed by atoms with E-state index in [2.05, 4.69) is 6.92 Å². The number of hydrogen-bond acceptors (Lipinski definition) is 6. The minimum Gasteiger partial charge on any atom is -0.508 e. The summed E-state index contributed by atoms with van der Waals surface area (Å²) in [5.41, 5.74) is 2.54. The highest BCUT2D eigenvalue weighted by Crippen LogP contribution is 2.40. The van der Waals surface area contributed by atoms with Crippen LogP contribution in [0.4, 0.5) is 0 Å². The van der Waals surface area contributed by atoms with Crippen molar-refractivity contribution in [3.63, 3.8) is 0 Å². The Morgan fingerprint density at radius 1 is 0.375 bits per heavy atom. The lowest BCUT2D eigenvalue weighted by Gasteiger charge is -2.32. The second-order valence-corrected chi connectivity index (χ2v) is 7.47. The van der Waals surface area contributed by atoms with Crippen molar-refractivity contribution in [2.24, 2.45) is 0 Å². The fourth-order valence-corrected chi connectivity index (χ4v) is 3.46. The highest BCUT2D eigenvalue weighted by atomic mass is 16.3. The highest BCUT2D eigenvalue weighted by molar-refractivity contribution is 5.51. The molecule has 0 aliphatic heterocycles. The van der Waals surface area contributed by atoms with Crippen molar-refractivity contribution in [1.29, 1.82) is 0 Å². The van der Waals surface area contributed by atoms with Gasteiger partial charge in [-0.05, 0) is 60.0 Å². The molecular formula is C26H24O6.